The van der Waals surface area contributed by atoms with Crippen molar-refractivity contribution < 1.29 is 14.8 Å². The lowest BCUT2D eigenvalue weighted by atomic mass is 9.97. The van der Waals surface area contributed by atoms with E-state index in [-0.39, 0.29) is 17.3 Å². The smallest absolute Gasteiger partial charge is 0.269 e. The predicted molar refractivity (Wildman–Crippen MR) is 81.9 cm³/mol. The van der Waals surface area contributed by atoms with E-state index in [2.05, 4.69) is 5.32 Å². The zero-order valence-electron chi connectivity index (χ0n) is 11.6. The first-order chi connectivity index (χ1) is 10.4. The van der Waals surface area contributed by atoms with Crippen molar-refractivity contribution in [1.29, 1.82) is 0 Å². The number of nitro benzene ring substituents is 1. The normalized spacial score (nSPS) is 11.7. The second-order valence-corrected chi connectivity index (χ2v) is 5.13. The highest BCUT2D eigenvalue weighted by Gasteiger charge is 2.20. The Kier molecular flexibility index (Phi) is 4.62. The molecule has 6 nitrogen and oxygen atoms in total. The van der Waals surface area contributed by atoms with Gasteiger partial charge in [-0.25, -0.2) is 0 Å². The molecule has 0 saturated heterocycles. The average molecular weight is 321 g/mol. The summed E-state index contributed by atoms with van der Waals surface area (Å²) in [4.78, 5) is 21.8. The van der Waals surface area contributed by atoms with E-state index in [9.17, 15) is 20.0 Å². The zero-order valence-corrected chi connectivity index (χ0v) is 12.4. The summed E-state index contributed by atoms with van der Waals surface area (Å²) in [6, 6.07) is 9.65. The molecular formula is C15H13ClN2O4. The highest BCUT2D eigenvalue weighted by Crippen LogP contribution is 2.32. The molecule has 2 N–H and O–H groups in total. The lowest BCUT2D eigenvalue weighted by Gasteiger charge is -2.20. The second kappa shape index (κ2) is 6.44. The number of carbonyl (C=O) groups excluding carboxylic acids is 1. The molecule has 0 fully saturated rings. The second-order valence-electron chi connectivity index (χ2n) is 4.69. The Bertz CT molecular complexity index is 733. The van der Waals surface area contributed by atoms with E-state index in [0.717, 1.165) is 0 Å². The van der Waals surface area contributed by atoms with Gasteiger partial charge in [-0.3, -0.25) is 14.9 Å². The molecule has 2 rings (SSSR count). The van der Waals surface area contributed by atoms with Gasteiger partial charge in [0.1, 0.15) is 5.75 Å². The van der Waals surface area contributed by atoms with Crippen LogP contribution >= 0.6 is 11.6 Å². The van der Waals surface area contributed by atoms with Gasteiger partial charge in [0.2, 0.25) is 5.91 Å². The number of non-ortho nitro benzene ring substituents is 1. The average Bonchev–Trinajstić information content (AvgIpc) is 2.45. The van der Waals surface area contributed by atoms with Crippen molar-refractivity contribution in [3.63, 3.8) is 0 Å². The van der Waals surface area contributed by atoms with Gasteiger partial charge in [-0.15, -0.1) is 0 Å². The summed E-state index contributed by atoms with van der Waals surface area (Å²) in [5, 5.41) is 24.0. The first-order valence-corrected chi connectivity index (χ1v) is 6.76. The number of hydrogen-bond acceptors (Lipinski definition) is 4. The van der Waals surface area contributed by atoms with Crippen LogP contribution in [0.3, 0.4) is 0 Å². The molecule has 1 unspecified atom stereocenters. The van der Waals surface area contributed by atoms with E-state index >= 15 is 0 Å². The predicted octanol–water partition coefficient (Wildman–Crippen LogP) is 3.18. The molecule has 0 heterocycles. The van der Waals surface area contributed by atoms with Crippen molar-refractivity contribution in [2.75, 3.05) is 0 Å². The minimum Gasteiger partial charge on any atom is -0.508 e. The first-order valence-electron chi connectivity index (χ1n) is 6.38. The van der Waals surface area contributed by atoms with Crippen LogP contribution in [0.1, 0.15) is 24.1 Å². The fraction of sp³-hybridized carbons (Fsp3) is 0.133. The van der Waals surface area contributed by atoms with Gasteiger partial charge in [-0.05, 0) is 17.7 Å². The Morgan fingerprint density at radius 1 is 1.32 bits per heavy atom. The van der Waals surface area contributed by atoms with Gasteiger partial charge in [-0.2, -0.15) is 0 Å². The largest absolute Gasteiger partial charge is 0.508 e. The summed E-state index contributed by atoms with van der Waals surface area (Å²) in [6.07, 6.45) is 0. The molecule has 0 saturated carbocycles. The van der Waals surface area contributed by atoms with Crippen LogP contribution in [0.2, 0.25) is 5.02 Å². The lowest BCUT2D eigenvalue weighted by Crippen LogP contribution is -2.27. The molecule has 22 heavy (non-hydrogen) atoms. The number of phenolic OH excluding ortho intramolecular Hbond substituents is 1. The Hall–Kier alpha value is -2.60. The highest BCUT2D eigenvalue weighted by molar-refractivity contribution is 6.30. The Labute approximate surface area is 131 Å². The minimum absolute atomic E-state index is 0.0960. The summed E-state index contributed by atoms with van der Waals surface area (Å²) >= 11 is 5.80. The summed E-state index contributed by atoms with van der Waals surface area (Å²) in [5.74, 6) is -0.427. The molecule has 0 aliphatic carbocycles. The van der Waals surface area contributed by atoms with E-state index < -0.39 is 11.0 Å². The number of hydrogen-bond donors (Lipinski definition) is 2. The zero-order chi connectivity index (χ0) is 16.3. The summed E-state index contributed by atoms with van der Waals surface area (Å²) in [6.45, 7) is 1.33. The van der Waals surface area contributed by atoms with E-state index in [1.807, 2.05) is 0 Å². The lowest BCUT2D eigenvalue weighted by molar-refractivity contribution is -0.384. The van der Waals surface area contributed by atoms with Crippen LogP contribution in [0.15, 0.2) is 42.5 Å². The quantitative estimate of drug-likeness (QED) is 0.668. The molecule has 0 spiro atoms. The number of rotatable bonds is 4. The van der Waals surface area contributed by atoms with Crippen molar-refractivity contribution >= 4 is 23.2 Å². The van der Waals surface area contributed by atoms with Crippen LogP contribution in [-0.2, 0) is 4.79 Å². The van der Waals surface area contributed by atoms with Crippen molar-refractivity contribution in [1.82, 2.24) is 5.32 Å². The molecule has 0 radical (unpaired) electrons. The maximum Gasteiger partial charge on any atom is 0.269 e. The maximum absolute atomic E-state index is 11.4. The molecule has 1 amide bonds. The number of benzene rings is 2. The van der Waals surface area contributed by atoms with E-state index in [1.54, 1.807) is 18.2 Å². The molecule has 2 aromatic rings. The SMILES string of the molecule is CC(=O)NC(c1cccc([N+](=O)[O-])c1)c1ccc(Cl)cc1O. The van der Waals surface area contributed by atoms with E-state index in [1.165, 1.54) is 31.2 Å². The van der Waals surface area contributed by atoms with Gasteiger partial charge in [-0.1, -0.05) is 29.8 Å². The number of aromatic hydroxyl groups is 1. The van der Waals surface area contributed by atoms with Gasteiger partial charge >= 0.3 is 0 Å². The summed E-state index contributed by atoms with van der Waals surface area (Å²) in [5.41, 5.74) is 0.795. The molecule has 0 bridgehead atoms. The van der Waals surface area contributed by atoms with Gasteiger partial charge in [0.15, 0.2) is 0 Å². The molecule has 2 aromatic carbocycles. The molecular weight excluding hydrogens is 308 g/mol. The molecule has 1 atom stereocenters. The molecule has 0 aliphatic heterocycles. The van der Waals surface area contributed by atoms with Crippen LogP contribution in [0, 0.1) is 10.1 Å². The van der Waals surface area contributed by atoms with Gasteiger partial charge in [0.25, 0.3) is 5.69 Å². The van der Waals surface area contributed by atoms with Crippen molar-refractivity contribution in [3.05, 3.63) is 68.7 Å². The third kappa shape index (κ3) is 3.53. The Morgan fingerprint density at radius 2 is 2.05 bits per heavy atom. The third-order valence-electron chi connectivity index (χ3n) is 3.07. The molecule has 114 valence electrons. The fourth-order valence-corrected chi connectivity index (χ4v) is 2.29. The number of amides is 1. The summed E-state index contributed by atoms with van der Waals surface area (Å²) in [7, 11) is 0. The standard InChI is InChI=1S/C15H13ClN2O4/c1-9(19)17-15(13-6-5-11(16)8-14(13)20)10-3-2-4-12(7-10)18(21)22/h2-8,15,20H,1H3,(H,17,19). The number of nitrogens with zero attached hydrogens (tertiary/aromatic N) is 1. The number of phenols is 1. The number of nitrogens with one attached hydrogen (secondary N) is 1. The highest BCUT2D eigenvalue weighted by atomic mass is 35.5. The van der Waals surface area contributed by atoms with E-state index in [0.29, 0.717) is 16.1 Å². The number of halogens is 1. The molecule has 0 aliphatic rings. The van der Waals surface area contributed by atoms with Crippen LogP contribution < -0.4 is 5.32 Å². The monoisotopic (exact) mass is 320 g/mol. The van der Waals surface area contributed by atoms with E-state index in [4.69, 9.17) is 11.6 Å². The topological polar surface area (TPSA) is 92.5 Å². The van der Waals surface area contributed by atoms with Crippen LogP contribution in [0.4, 0.5) is 5.69 Å². The van der Waals surface area contributed by atoms with Crippen LogP contribution in [0.5, 0.6) is 5.75 Å². The third-order valence-corrected chi connectivity index (χ3v) is 3.30. The van der Waals surface area contributed by atoms with Gasteiger partial charge in [0.05, 0.1) is 11.0 Å². The van der Waals surface area contributed by atoms with Crippen LogP contribution in [-0.4, -0.2) is 15.9 Å². The first kappa shape index (κ1) is 15.8. The van der Waals surface area contributed by atoms with Gasteiger partial charge < -0.3 is 10.4 Å². The summed E-state index contributed by atoms with van der Waals surface area (Å²) < 4.78 is 0. The Morgan fingerprint density at radius 3 is 2.64 bits per heavy atom. The van der Waals surface area contributed by atoms with Crippen LogP contribution in [0.25, 0.3) is 0 Å². The Balaban J connectivity index is 2.52. The van der Waals surface area contributed by atoms with Crippen molar-refractivity contribution in [2.45, 2.75) is 13.0 Å². The van der Waals surface area contributed by atoms with Gasteiger partial charge in [0, 0.05) is 29.6 Å². The number of carbonyl (C=O) groups is 1. The molecule has 7 heteroatoms. The van der Waals surface area contributed by atoms with Crippen molar-refractivity contribution in [3.8, 4) is 5.75 Å². The van der Waals surface area contributed by atoms with Crippen molar-refractivity contribution in [2.24, 2.45) is 0 Å². The number of nitro groups is 1. The maximum atomic E-state index is 11.4. The fourth-order valence-electron chi connectivity index (χ4n) is 2.12. The molecule has 0 aromatic heterocycles. The minimum atomic E-state index is -0.713.